The molecule has 0 spiro atoms. The highest BCUT2D eigenvalue weighted by Gasteiger charge is 2.07. The van der Waals surface area contributed by atoms with E-state index >= 15 is 0 Å². The average molecular weight is 333 g/mol. The van der Waals surface area contributed by atoms with Crippen LogP contribution >= 0.6 is 0 Å². The zero-order chi connectivity index (χ0) is 17.2. The molecule has 124 valence electrons. The van der Waals surface area contributed by atoms with Crippen molar-refractivity contribution in [3.8, 4) is 5.69 Å². The first-order valence-electron chi connectivity index (χ1n) is 7.96. The van der Waals surface area contributed by atoms with Gasteiger partial charge in [-0.05, 0) is 25.1 Å². The van der Waals surface area contributed by atoms with Crippen LogP contribution in [0, 0.1) is 12.7 Å². The third-order valence-corrected chi connectivity index (χ3v) is 4.04. The number of benzene rings is 2. The first kappa shape index (κ1) is 15.3. The molecule has 0 aliphatic heterocycles. The summed E-state index contributed by atoms with van der Waals surface area (Å²) in [6, 6.07) is 14.4. The third kappa shape index (κ3) is 3.06. The molecular weight excluding hydrogens is 317 g/mol. The summed E-state index contributed by atoms with van der Waals surface area (Å²) in [5.41, 5.74) is 2.56. The number of nitrogens with zero attached hydrogens (tertiary/aromatic N) is 4. The van der Waals surface area contributed by atoms with Crippen molar-refractivity contribution < 1.29 is 4.39 Å². The van der Waals surface area contributed by atoms with E-state index < -0.39 is 0 Å². The Morgan fingerprint density at radius 3 is 2.72 bits per heavy atom. The number of fused-ring (bicyclic) bond motifs is 1. The zero-order valence-corrected chi connectivity index (χ0v) is 13.6. The highest BCUT2D eigenvalue weighted by atomic mass is 19.1. The molecule has 4 rings (SSSR count). The Labute approximate surface area is 144 Å². The molecule has 0 aliphatic rings. The number of anilines is 1. The molecule has 5 nitrogen and oxygen atoms in total. The van der Waals surface area contributed by atoms with E-state index in [1.807, 2.05) is 43.5 Å². The van der Waals surface area contributed by atoms with E-state index in [-0.39, 0.29) is 5.82 Å². The summed E-state index contributed by atoms with van der Waals surface area (Å²) < 4.78 is 15.0. The van der Waals surface area contributed by atoms with Crippen LogP contribution in [0.4, 0.5) is 10.2 Å². The molecule has 0 unspecified atom stereocenters. The van der Waals surface area contributed by atoms with Crippen molar-refractivity contribution in [3.05, 3.63) is 78.0 Å². The summed E-state index contributed by atoms with van der Waals surface area (Å²) in [7, 11) is 0. The smallest absolute Gasteiger partial charge is 0.156 e. The molecule has 6 heteroatoms. The topological polar surface area (TPSA) is 55.6 Å². The predicted molar refractivity (Wildman–Crippen MR) is 95.1 cm³/mol. The normalized spacial score (nSPS) is 11.0. The molecule has 4 aromatic rings. The van der Waals surface area contributed by atoms with Crippen LogP contribution in [0.5, 0.6) is 0 Å². The van der Waals surface area contributed by atoms with Gasteiger partial charge >= 0.3 is 0 Å². The number of aromatic nitrogens is 4. The molecule has 2 aromatic heterocycles. The number of nitrogens with one attached hydrogen (secondary N) is 1. The van der Waals surface area contributed by atoms with Gasteiger partial charge in [0.1, 0.15) is 5.82 Å². The number of hydrogen-bond donors (Lipinski definition) is 1. The summed E-state index contributed by atoms with van der Waals surface area (Å²) in [6.45, 7) is 2.50. The second kappa shape index (κ2) is 6.32. The molecule has 1 N–H and O–H groups in total. The minimum atomic E-state index is -0.283. The van der Waals surface area contributed by atoms with Crippen LogP contribution in [0.1, 0.15) is 11.3 Å². The van der Waals surface area contributed by atoms with Gasteiger partial charge in [-0.1, -0.05) is 30.3 Å². The molecule has 0 fully saturated rings. The summed E-state index contributed by atoms with van der Waals surface area (Å²) in [4.78, 5) is 0. The van der Waals surface area contributed by atoms with Gasteiger partial charge in [0.15, 0.2) is 5.82 Å². The minimum Gasteiger partial charge on any atom is -0.364 e. The van der Waals surface area contributed by atoms with Crippen molar-refractivity contribution in [1.82, 2.24) is 20.0 Å². The van der Waals surface area contributed by atoms with Gasteiger partial charge in [-0.2, -0.15) is 10.2 Å². The lowest BCUT2D eigenvalue weighted by Gasteiger charge is -2.08. The van der Waals surface area contributed by atoms with E-state index in [0.29, 0.717) is 12.2 Å². The van der Waals surface area contributed by atoms with E-state index in [1.165, 1.54) is 12.1 Å². The number of aryl methyl sites for hydroxylation is 1. The Morgan fingerprint density at radius 2 is 1.88 bits per heavy atom. The van der Waals surface area contributed by atoms with Gasteiger partial charge in [0, 0.05) is 29.1 Å². The average Bonchev–Trinajstić information content (AvgIpc) is 3.11. The first-order valence-corrected chi connectivity index (χ1v) is 7.96. The SMILES string of the molecule is Cc1nnc(NCc2cnn(-c3cccc(F)c3)c2)c2ccccc12. The molecule has 2 aromatic carbocycles. The predicted octanol–water partition coefficient (Wildman–Crippen LogP) is 3.88. The van der Waals surface area contributed by atoms with E-state index in [1.54, 1.807) is 16.9 Å². The maximum Gasteiger partial charge on any atom is 0.156 e. The minimum absolute atomic E-state index is 0.283. The quantitative estimate of drug-likeness (QED) is 0.616. The van der Waals surface area contributed by atoms with Gasteiger partial charge < -0.3 is 5.32 Å². The number of hydrogen-bond acceptors (Lipinski definition) is 4. The lowest BCUT2D eigenvalue weighted by atomic mass is 10.1. The monoisotopic (exact) mass is 333 g/mol. The summed E-state index contributed by atoms with van der Waals surface area (Å²) in [5.74, 6) is 0.453. The van der Waals surface area contributed by atoms with Crippen LogP contribution in [0.2, 0.25) is 0 Å². The lowest BCUT2D eigenvalue weighted by molar-refractivity contribution is 0.625. The summed E-state index contributed by atoms with van der Waals surface area (Å²) in [5, 5.41) is 18.2. The molecule has 0 atom stereocenters. The summed E-state index contributed by atoms with van der Waals surface area (Å²) in [6.07, 6.45) is 3.62. The fraction of sp³-hybridized carbons (Fsp3) is 0.105. The molecule has 0 saturated heterocycles. The van der Waals surface area contributed by atoms with Crippen LogP contribution < -0.4 is 5.32 Å². The molecule has 0 amide bonds. The standard InChI is InChI=1S/C19H16FN5/c1-13-17-7-2-3-8-18(17)19(24-23-13)21-10-14-11-22-25(12-14)16-6-4-5-15(20)9-16/h2-9,11-12H,10H2,1H3,(H,21,24). The Balaban J connectivity index is 1.56. The fourth-order valence-electron chi connectivity index (χ4n) is 2.77. The molecule has 0 radical (unpaired) electrons. The van der Waals surface area contributed by atoms with Crippen LogP contribution in [0.15, 0.2) is 60.9 Å². The van der Waals surface area contributed by atoms with Gasteiger partial charge in [-0.15, -0.1) is 5.10 Å². The van der Waals surface area contributed by atoms with Gasteiger partial charge in [0.05, 0.1) is 17.6 Å². The van der Waals surface area contributed by atoms with E-state index in [9.17, 15) is 4.39 Å². The van der Waals surface area contributed by atoms with E-state index in [4.69, 9.17) is 0 Å². The summed E-state index contributed by atoms with van der Waals surface area (Å²) >= 11 is 0. The van der Waals surface area contributed by atoms with Crippen molar-refractivity contribution in [2.24, 2.45) is 0 Å². The molecule has 0 bridgehead atoms. The fourth-order valence-corrected chi connectivity index (χ4v) is 2.77. The van der Waals surface area contributed by atoms with Gasteiger partial charge in [-0.3, -0.25) is 0 Å². The Hall–Kier alpha value is -3.28. The first-order chi connectivity index (χ1) is 12.2. The van der Waals surface area contributed by atoms with Crippen molar-refractivity contribution in [2.45, 2.75) is 13.5 Å². The van der Waals surface area contributed by atoms with Crippen LogP contribution in [0.3, 0.4) is 0 Å². The maximum atomic E-state index is 13.3. The number of rotatable bonds is 4. The van der Waals surface area contributed by atoms with Gasteiger partial charge in [0.25, 0.3) is 0 Å². The lowest BCUT2D eigenvalue weighted by Crippen LogP contribution is -2.03. The van der Waals surface area contributed by atoms with E-state index in [0.717, 1.165) is 27.8 Å². The van der Waals surface area contributed by atoms with Gasteiger partial charge in [0.2, 0.25) is 0 Å². The highest BCUT2D eigenvalue weighted by Crippen LogP contribution is 2.22. The maximum absolute atomic E-state index is 13.3. The van der Waals surface area contributed by atoms with Crippen molar-refractivity contribution in [2.75, 3.05) is 5.32 Å². The number of halogens is 1. The third-order valence-electron chi connectivity index (χ3n) is 4.04. The van der Waals surface area contributed by atoms with Crippen molar-refractivity contribution in [1.29, 1.82) is 0 Å². The van der Waals surface area contributed by atoms with Crippen LogP contribution in [-0.2, 0) is 6.54 Å². The van der Waals surface area contributed by atoms with Crippen molar-refractivity contribution >= 4 is 16.6 Å². The Bertz CT molecular complexity index is 1040. The second-order valence-corrected chi connectivity index (χ2v) is 5.81. The largest absolute Gasteiger partial charge is 0.364 e. The van der Waals surface area contributed by atoms with Crippen molar-refractivity contribution in [3.63, 3.8) is 0 Å². The molecular formula is C19H16FN5. The molecule has 0 aliphatic carbocycles. The van der Waals surface area contributed by atoms with E-state index in [2.05, 4.69) is 20.6 Å². The zero-order valence-electron chi connectivity index (χ0n) is 13.6. The Morgan fingerprint density at radius 1 is 1.04 bits per heavy atom. The van der Waals surface area contributed by atoms with Crippen LogP contribution in [0.25, 0.3) is 16.5 Å². The molecule has 0 saturated carbocycles. The Kier molecular flexibility index (Phi) is 3.85. The molecule has 25 heavy (non-hydrogen) atoms. The molecule has 2 heterocycles. The van der Waals surface area contributed by atoms with Crippen LogP contribution in [-0.4, -0.2) is 20.0 Å². The second-order valence-electron chi connectivity index (χ2n) is 5.81. The highest BCUT2D eigenvalue weighted by molar-refractivity contribution is 5.92. The van der Waals surface area contributed by atoms with Gasteiger partial charge in [-0.25, -0.2) is 9.07 Å².